The van der Waals surface area contributed by atoms with E-state index in [2.05, 4.69) is 28.5 Å². The van der Waals surface area contributed by atoms with Crippen LogP contribution in [0.4, 0.5) is 0 Å². The normalized spacial score (nSPS) is 11.4. The summed E-state index contributed by atoms with van der Waals surface area (Å²) in [6.07, 6.45) is 1.04. The fourth-order valence-corrected chi connectivity index (χ4v) is 2.21. The average molecular weight is 261 g/mol. The zero-order valence-electron chi connectivity index (χ0n) is 11.6. The summed E-state index contributed by atoms with van der Waals surface area (Å²) in [4.78, 5) is 17.5. The largest absolute Gasteiger partial charge is 0.478 e. The molecule has 1 N–H and O–H groups in total. The number of fused-ring (bicyclic) bond motifs is 1. The van der Waals surface area contributed by atoms with Crippen molar-refractivity contribution in [1.29, 1.82) is 0 Å². The van der Waals surface area contributed by atoms with Crippen LogP contribution in [0.3, 0.4) is 0 Å². The number of hydrogen-bond acceptors (Lipinski definition) is 3. The summed E-state index contributed by atoms with van der Waals surface area (Å²) in [5, 5.41) is 8.98. The molecule has 5 nitrogen and oxygen atoms in total. The molecule has 1 aromatic heterocycles. The molecule has 0 aliphatic rings. The quantitative estimate of drug-likeness (QED) is 0.894. The first kappa shape index (κ1) is 13.5. The lowest BCUT2D eigenvalue weighted by atomic mass is 10.2. The molecule has 19 heavy (non-hydrogen) atoms. The first-order valence-corrected chi connectivity index (χ1v) is 6.34. The van der Waals surface area contributed by atoms with E-state index in [1.165, 1.54) is 0 Å². The lowest BCUT2D eigenvalue weighted by Crippen LogP contribution is -2.15. The molecule has 0 radical (unpaired) electrons. The minimum atomic E-state index is -0.915. The van der Waals surface area contributed by atoms with Crippen LogP contribution in [-0.2, 0) is 6.54 Å². The standard InChI is InChI=1S/C14H19N3O2/c1-10-15-12-9-11(14(18)19)5-6-13(12)17(10)8-4-7-16(2)3/h5-6,9H,4,7-8H2,1-3H3,(H,18,19). The van der Waals surface area contributed by atoms with Crippen LogP contribution in [0.2, 0.25) is 0 Å². The topological polar surface area (TPSA) is 58.4 Å². The highest BCUT2D eigenvalue weighted by atomic mass is 16.4. The number of rotatable bonds is 5. The van der Waals surface area contributed by atoms with Crippen molar-refractivity contribution in [2.75, 3.05) is 20.6 Å². The maximum Gasteiger partial charge on any atom is 0.335 e. The van der Waals surface area contributed by atoms with Crippen molar-refractivity contribution in [3.05, 3.63) is 29.6 Å². The molecular weight excluding hydrogens is 242 g/mol. The summed E-state index contributed by atoms with van der Waals surface area (Å²) in [5.74, 6) is 0.0120. The van der Waals surface area contributed by atoms with Crippen LogP contribution in [0.15, 0.2) is 18.2 Å². The molecule has 0 unspecified atom stereocenters. The van der Waals surface area contributed by atoms with Gasteiger partial charge in [-0.05, 0) is 52.2 Å². The van der Waals surface area contributed by atoms with E-state index in [1.54, 1.807) is 12.1 Å². The summed E-state index contributed by atoms with van der Waals surface area (Å²) < 4.78 is 2.14. The Morgan fingerprint density at radius 2 is 2.16 bits per heavy atom. The number of carboxylic acid groups (broad SMARTS) is 1. The summed E-state index contributed by atoms with van der Waals surface area (Å²) in [7, 11) is 4.11. The molecule has 2 rings (SSSR count). The molecule has 5 heteroatoms. The first-order chi connectivity index (χ1) is 8.99. The maximum absolute atomic E-state index is 10.9. The van der Waals surface area contributed by atoms with Crippen molar-refractivity contribution >= 4 is 17.0 Å². The van der Waals surface area contributed by atoms with Gasteiger partial charge >= 0.3 is 5.97 Å². The number of aromatic nitrogens is 2. The van der Waals surface area contributed by atoms with Crippen LogP contribution in [0, 0.1) is 6.92 Å². The van der Waals surface area contributed by atoms with Crippen LogP contribution in [0.25, 0.3) is 11.0 Å². The molecule has 1 heterocycles. The van der Waals surface area contributed by atoms with Crippen molar-refractivity contribution < 1.29 is 9.90 Å². The van der Waals surface area contributed by atoms with E-state index in [1.807, 2.05) is 13.0 Å². The van der Waals surface area contributed by atoms with Crippen molar-refractivity contribution in [3.8, 4) is 0 Å². The highest BCUT2D eigenvalue weighted by molar-refractivity contribution is 5.92. The molecule has 1 aromatic carbocycles. The maximum atomic E-state index is 10.9. The molecule has 0 spiro atoms. The van der Waals surface area contributed by atoms with Gasteiger partial charge in [0.05, 0.1) is 16.6 Å². The second-order valence-corrected chi connectivity index (χ2v) is 4.98. The van der Waals surface area contributed by atoms with Gasteiger partial charge in [-0.2, -0.15) is 0 Å². The van der Waals surface area contributed by atoms with Gasteiger partial charge in [0.2, 0.25) is 0 Å². The molecule has 0 saturated carbocycles. The second kappa shape index (κ2) is 5.40. The molecule has 0 aliphatic heterocycles. The van der Waals surface area contributed by atoms with Crippen LogP contribution in [0.5, 0.6) is 0 Å². The van der Waals surface area contributed by atoms with E-state index in [9.17, 15) is 4.79 Å². The Kier molecular flexibility index (Phi) is 3.85. The summed E-state index contributed by atoms with van der Waals surface area (Å²) in [6, 6.07) is 5.11. The van der Waals surface area contributed by atoms with Gasteiger partial charge in [0.1, 0.15) is 5.82 Å². The van der Waals surface area contributed by atoms with Crippen LogP contribution in [0.1, 0.15) is 22.6 Å². The van der Waals surface area contributed by atoms with Gasteiger partial charge in [0, 0.05) is 6.54 Å². The van der Waals surface area contributed by atoms with Crippen molar-refractivity contribution in [2.45, 2.75) is 19.9 Å². The van der Waals surface area contributed by atoms with Crippen LogP contribution >= 0.6 is 0 Å². The van der Waals surface area contributed by atoms with E-state index in [0.717, 1.165) is 36.4 Å². The molecule has 0 saturated heterocycles. The minimum absolute atomic E-state index is 0.283. The number of nitrogens with zero attached hydrogens (tertiary/aromatic N) is 3. The number of aromatic carboxylic acids is 1. The average Bonchev–Trinajstić information content (AvgIpc) is 2.64. The number of carbonyl (C=O) groups is 1. The zero-order valence-corrected chi connectivity index (χ0v) is 11.6. The van der Waals surface area contributed by atoms with Crippen LogP contribution in [-0.4, -0.2) is 46.2 Å². The predicted molar refractivity (Wildman–Crippen MR) is 74.6 cm³/mol. The molecule has 0 amide bonds. The Balaban J connectivity index is 2.29. The predicted octanol–water partition coefficient (Wildman–Crippen LogP) is 1.99. The van der Waals surface area contributed by atoms with Gasteiger partial charge < -0.3 is 14.6 Å². The molecule has 0 bridgehead atoms. The Labute approximate surface area is 112 Å². The highest BCUT2D eigenvalue weighted by Crippen LogP contribution is 2.18. The lowest BCUT2D eigenvalue weighted by molar-refractivity contribution is 0.0697. The third-order valence-electron chi connectivity index (χ3n) is 3.17. The van der Waals surface area contributed by atoms with Gasteiger partial charge in [-0.1, -0.05) is 0 Å². The summed E-state index contributed by atoms with van der Waals surface area (Å²) >= 11 is 0. The SMILES string of the molecule is Cc1nc2cc(C(=O)O)ccc2n1CCCN(C)C. The number of aryl methyl sites for hydroxylation is 2. The Bertz CT molecular complexity index is 602. The van der Waals surface area contributed by atoms with Gasteiger partial charge in [-0.25, -0.2) is 9.78 Å². The van der Waals surface area contributed by atoms with Crippen molar-refractivity contribution in [1.82, 2.24) is 14.5 Å². The minimum Gasteiger partial charge on any atom is -0.478 e. The smallest absolute Gasteiger partial charge is 0.335 e. The third-order valence-corrected chi connectivity index (χ3v) is 3.17. The van der Waals surface area contributed by atoms with Gasteiger partial charge in [0.15, 0.2) is 0 Å². The Morgan fingerprint density at radius 1 is 1.42 bits per heavy atom. The van der Waals surface area contributed by atoms with E-state index >= 15 is 0 Å². The number of hydrogen-bond donors (Lipinski definition) is 1. The van der Waals surface area contributed by atoms with E-state index in [0.29, 0.717) is 0 Å². The van der Waals surface area contributed by atoms with Gasteiger partial charge in [-0.3, -0.25) is 0 Å². The van der Waals surface area contributed by atoms with E-state index in [4.69, 9.17) is 5.11 Å². The Hall–Kier alpha value is -1.88. The molecular formula is C14H19N3O2. The van der Waals surface area contributed by atoms with Crippen LogP contribution < -0.4 is 0 Å². The highest BCUT2D eigenvalue weighted by Gasteiger charge is 2.10. The molecule has 2 aromatic rings. The zero-order chi connectivity index (χ0) is 14.0. The van der Waals surface area contributed by atoms with Crippen molar-refractivity contribution in [3.63, 3.8) is 0 Å². The monoisotopic (exact) mass is 261 g/mol. The molecule has 0 fully saturated rings. The third kappa shape index (κ3) is 2.93. The van der Waals surface area contributed by atoms with Crippen molar-refractivity contribution in [2.24, 2.45) is 0 Å². The van der Waals surface area contributed by atoms with E-state index < -0.39 is 5.97 Å². The fraction of sp³-hybridized carbons (Fsp3) is 0.429. The second-order valence-electron chi connectivity index (χ2n) is 4.98. The lowest BCUT2D eigenvalue weighted by Gasteiger charge is -2.11. The molecule has 102 valence electrons. The molecule has 0 aliphatic carbocycles. The number of imidazole rings is 1. The number of benzene rings is 1. The van der Waals surface area contributed by atoms with E-state index in [-0.39, 0.29) is 5.56 Å². The first-order valence-electron chi connectivity index (χ1n) is 6.34. The molecule has 0 atom stereocenters. The fourth-order valence-electron chi connectivity index (χ4n) is 2.21. The summed E-state index contributed by atoms with van der Waals surface area (Å²) in [6.45, 7) is 3.87. The Morgan fingerprint density at radius 3 is 2.79 bits per heavy atom. The summed E-state index contributed by atoms with van der Waals surface area (Å²) in [5.41, 5.74) is 2.04. The van der Waals surface area contributed by atoms with Gasteiger partial charge in [-0.15, -0.1) is 0 Å². The van der Waals surface area contributed by atoms with Gasteiger partial charge in [0.25, 0.3) is 0 Å². The number of carboxylic acids is 1.